The van der Waals surface area contributed by atoms with Crippen LogP contribution in [0.5, 0.6) is 0 Å². The molecule has 0 aliphatic heterocycles. The number of hydrogen-bond donors (Lipinski definition) is 3. The molecule has 0 unspecified atom stereocenters. The van der Waals surface area contributed by atoms with Crippen molar-refractivity contribution in [1.82, 2.24) is 0 Å². The maximum absolute atomic E-state index is 11.3. The van der Waals surface area contributed by atoms with E-state index in [0.717, 1.165) is 12.8 Å². The van der Waals surface area contributed by atoms with Gasteiger partial charge in [0.2, 0.25) is 10.0 Å². The number of primary sulfonamides is 1. The molecule has 0 amide bonds. The zero-order chi connectivity index (χ0) is 13.3. The summed E-state index contributed by atoms with van der Waals surface area (Å²) in [6, 6.07) is 4.65. The number of anilines is 2. The lowest BCUT2D eigenvalue weighted by atomic mass is 9.89. The van der Waals surface area contributed by atoms with Crippen molar-refractivity contribution in [1.29, 1.82) is 0 Å². The van der Waals surface area contributed by atoms with Crippen LogP contribution in [0.1, 0.15) is 12.8 Å². The minimum absolute atomic E-state index is 0.0572. The maximum atomic E-state index is 11.3. The van der Waals surface area contributed by atoms with Crippen LogP contribution in [0.3, 0.4) is 0 Å². The topological polar surface area (TPSA) is 107 Å². The zero-order valence-corrected chi connectivity index (χ0v) is 10.9. The maximum Gasteiger partial charge on any atom is 0.238 e. The first-order valence-corrected chi connectivity index (χ1v) is 7.16. The summed E-state index contributed by atoms with van der Waals surface area (Å²) < 4.78 is 27.7. The molecule has 0 bridgehead atoms. The van der Waals surface area contributed by atoms with Gasteiger partial charge in [-0.15, -0.1) is 0 Å². The summed E-state index contributed by atoms with van der Waals surface area (Å²) in [6.07, 6.45) is 2.04. The van der Waals surface area contributed by atoms with Gasteiger partial charge in [0.1, 0.15) is 0 Å². The van der Waals surface area contributed by atoms with Gasteiger partial charge in [-0.2, -0.15) is 0 Å². The predicted molar refractivity (Wildman–Crippen MR) is 69.7 cm³/mol. The van der Waals surface area contributed by atoms with E-state index in [9.17, 15) is 8.42 Å². The Balaban J connectivity index is 2.13. The van der Waals surface area contributed by atoms with Gasteiger partial charge in [0.25, 0.3) is 0 Å². The lowest BCUT2D eigenvalue weighted by molar-refractivity contribution is 0.0329. The molecule has 1 fully saturated rings. The van der Waals surface area contributed by atoms with E-state index in [2.05, 4.69) is 5.32 Å². The summed E-state index contributed by atoms with van der Waals surface area (Å²) in [5.41, 5.74) is 6.90. The Bertz CT molecular complexity index is 538. The van der Waals surface area contributed by atoms with Crippen LogP contribution in [0.4, 0.5) is 11.4 Å². The molecular weight excluding hydrogens is 254 g/mol. The minimum atomic E-state index is -3.70. The van der Waals surface area contributed by atoms with Crippen LogP contribution in [0.2, 0.25) is 0 Å². The van der Waals surface area contributed by atoms with Gasteiger partial charge in [-0.1, -0.05) is 0 Å². The van der Waals surface area contributed by atoms with Gasteiger partial charge in [-0.05, 0) is 31.0 Å². The average Bonchev–Trinajstić information content (AvgIpc) is 2.23. The van der Waals surface area contributed by atoms with Gasteiger partial charge in [-0.25, -0.2) is 13.6 Å². The Hall–Kier alpha value is -1.31. The smallest absolute Gasteiger partial charge is 0.238 e. The number of nitrogen functional groups attached to an aromatic ring is 1. The van der Waals surface area contributed by atoms with Crippen molar-refractivity contribution in [2.24, 2.45) is 5.14 Å². The van der Waals surface area contributed by atoms with Crippen molar-refractivity contribution in [3.05, 3.63) is 18.2 Å². The molecule has 1 aromatic rings. The third kappa shape index (κ3) is 2.74. The minimum Gasteiger partial charge on any atom is -0.397 e. The predicted octanol–water partition coefficient (Wildman–Crippen LogP) is 0.505. The fourth-order valence-electron chi connectivity index (χ4n) is 1.93. The summed E-state index contributed by atoms with van der Waals surface area (Å²) in [7, 11) is -2.02. The van der Waals surface area contributed by atoms with E-state index in [0.29, 0.717) is 11.4 Å². The number of rotatable bonds is 4. The summed E-state index contributed by atoms with van der Waals surface area (Å²) in [5.74, 6) is 0. The van der Waals surface area contributed by atoms with Crippen LogP contribution in [-0.4, -0.2) is 27.7 Å². The highest BCUT2D eigenvalue weighted by atomic mass is 32.2. The lowest BCUT2D eigenvalue weighted by Gasteiger charge is -2.35. The van der Waals surface area contributed by atoms with Crippen molar-refractivity contribution in [3.63, 3.8) is 0 Å². The molecule has 0 spiro atoms. The second-order valence-corrected chi connectivity index (χ2v) is 6.03. The summed E-state index contributed by atoms with van der Waals surface area (Å²) in [6.45, 7) is 0. The molecule has 0 atom stereocenters. The second-order valence-electron chi connectivity index (χ2n) is 4.46. The SMILES string of the molecule is COC1CC(Nc2cc(S(N)(=O)=O)ccc2N)C1. The van der Waals surface area contributed by atoms with Crippen LogP contribution < -0.4 is 16.2 Å². The Morgan fingerprint density at radius 2 is 2.06 bits per heavy atom. The van der Waals surface area contributed by atoms with Gasteiger partial charge in [0, 0.05) is 13.2 Å². The van der Waals surface area contributed by atoms with Gasteiger partial charge in [0.15, 0.2) is 0 Å². The molecule has 1 aliphatic carbocycles. The molecule has 1 aliphatic rings. The molecule has 0 heterocycles. The quantitative estimate of drug-likeness (QED) is 0.691. The van der Waals surface area contributed by atoms with Gasteiger partial charge < -0.3 is 15.8 Å². The first-order valence-electron chi connectivity index (χ1n) is 5.62. The number of sulfonamides is 1. The van der Waals surface area contributed by atoms with E-state index < -0.39 is 10.0 Å². The molecule has 7 heteroatoms. The highest BCUT2D eigenvalue weighted by Crippen LogP contribution is 2.29. The van der Waals surface area contributed by atoms with Gasteiger partial charge >= 0.3 is 0 Å². The molecule has 1 saturated carbocycles. The molecule has 18 heavy (non-hydrogen) atoms. The number of nitrogens with one attached hydrogen (secondary N) is 1. The molecule has 0 saturated heterocycles. The van der Waals surface area contributed by atoms with E-state index in [1.807, 2.05) is 0 Å². The number of benzene rings is 1. The van der Waals surface area contributed by atoms with Crippen molar-refractivity contribution in [3.8, 4) is 0 Å². The average molecular weight is 271 g/mol. The Kier molecular flexibility index (Phi) is 3.47. The molecule has 6 nitrogen and oxygen atoms in total. The van der Waals surface area contributed by atoms with Crippen LogP contribution in [-0.2, 0) is 14.8 Å². The fraction of sp³-hybridized carbons (Fsp3) is 0.455. The molecule has 0 radical (unpaired) electrons. The fourth-order valence-corrected chi connectivity index (χ4v) is 2.47. The zero-order valence-electron chi connectivity index (χ0n) is 10.1. The van der Waals surface area contributed by atoms with Crippen LogP contribution >= 0.6 is 0 Å². The largest absolute Gasteiger partial charge is 0.397 e. The summed E-state index contributed by atoms with van der Waals surface area (Å²) in [5, 5.41) is 8.28. The van der Waals surface area contributed by atoms with Crippen LogP contribution in [0.15, 0.2) is 23.1 Å². The Morgan fingerprint density at radius 3 is 2.61 bits per heavy atom. The monoisotopic (exact) mass is 271 g/mol. The third-order valence-electron chi connectivity index (χ3n) is 3.14. The van der Waals surface area contributed by atoms with Crippen LogP contribution in [0, 0.1) is 0 Å². The first kappa shape index (κ1) is 13.1. The molecule has 100 valence electrons. The van der Waals surface area contributed by atoms with Crippen molar-refractivity contribution >= 4 is 21.4 Å². The van der Waals surface area contributed by atoms with Gasteiger partial charge in [-0.3, -0.25) is 0 Å². The van der Waals surface area contributed by atoms with E-state index in [4.69, 9.17) is 15.6 Å². The third-order valence-corrected chi connectivity index (χ3v) is 4.05. The van der Waals surface area contributed by atoms with E-state index in [1.54, 1.807) is 7.11 Å². The highest BCUT2D eigenvalue weighted by molar-refractivity contribution is 7.89. The number of hydrogen-bond acceptors (Lipinski definition) is 5. The second kappa shape index (κ2) is 4.75. The summed E-state index contributed by atoms with van der Waals surface area (Å²) in [4.78, 5) is 0.0572. The molecular formula is C11H17N3O3S. The highest BCUT2D eigenvalue weighted by Gasteiger charge is 2.29. The van der Waals surface area contributed by atoms with Gasteiger partial charge in [0.05, 0.1) is 22.4 Å². The van der Waals surface area contributed by atoms with E-state index >= 15 is 0 Å². The first-order chi connectivity index (χ1) is 8.40. The molecule has 1 aromatic carbocycles. The Morgan fingerprint density at radius 1 is 1.39 bits per heavy atom. The lowest BCUT2D eigenvalue weighted by Crippen LogP contribution is -2.40. The van der Waals surface area contributed by atoms with E-state index in [-0.39, 0.29) is 17.0 Å². The number of ether oxygens (including phenoxy) is 1. The van der Waals surface area contributed by atoms with Crippen molar-refractivity contribution < 1.29 is 13.2 Å². The van der Waals surface area contributed by atoms with Crippen molar-refractivity contribution in [2.45, 2.75) is 29.9 Å². The van der Waals surface area contributed by atoms with Crippen molar-refractivity contribution in [2.75, 3.05) is 18.2 Å². The number of methoxy groups -OCH3 is 1. The molecule has 0 aromatic heterocycles. The number of nitrogens with two attached hydrogens (primary N) is 2. The summed E-state index contributed by atoms with van der Waals surface area (Å²) >= 11 is 0. The standard InChI is InChI=1S/C11H17N3O3S/c1-17-8-4-7(5-8)14-11-6-9(18(13,15)16)2-3-10(11)12/h2-3,6-8,14H,4-5,12H2,1H3,(H2,13,15,16). The van der Waals surface area contributed by atoms with E-state index in [1.165, 1.54) is 18.2 Å². The normalized spacial score (nSPS) is 23.4. The van der Waals surface area contributed by atoms with Crippen LogP contribution in [0.25, 0.3) is 0 Å². The Labute approximate surface area is 106 Å². The molecule has 2 rings (SSSR count). The molecule has 5 N–H and O–H groups in total.